The minimum absolute atomic E-state index is 0.151. The lowest BCUT2D eigenvalue weighted by molar-refractivity contribution is 0.148. The van der Waals surface area contributed by atoms with Crippen LogP contribution >= 0.6 is 11.3 Å². The number of aromatic nitrogens is 3. The van der Waals surface area contributed by atoms with Gasteiger partial charge in [-0.15, -0.1) is 11.3 Å². The summed E-state index contributed by atoms with van der Waals surface area (Å²) in [6.07, 6.45) is 6.88. The van der Waals surface area contributed by atoms with Gasteiger partial charge in [-0.2, -0.15) is 0 Å². The van der Waals surface area contributed by atoms with E-state index in [1.807, 2.05) is 29.5 Å². The third kappa shape index (κ3) is 3.06. The van der Waals surface area contributed by atoms with Crippen LogP contribution in [0.25, 0.3) is 21.1 Å². The van der Waals surface area contributed by atoms with Crippen LogP contribution < -0.4 is 4.90 Å². The number of benzene rings is 1. The Labute approximate surface area is 179 Å². The number of fused-ring (bicyclic) bond motifs is 4. The van der Waals surface area contributed by atoms with Crippen LogP contribution in [0.1, 0.15) is 29.0 Å². The van der Waals surface area contributed by atoms with Gasteiger partial charge in [0.05, 0.1) is 17.0 Å². The molecule has 4 aromatic rings. The SMILES string of the molecule is O[C@@H]1CN(c2ncnc3sc4c(c23)CCCC4)C[C@H]1Cc1ccc2ccccc2n1. The molecule has 0 radical (unpaired) electrons. The lowest BCUT2D eigenvalue weighted by atomic mass is 9.97. The maximum Gasteiger partial charge on any atom is 0.141 e. The monoisotopic (exact) mass is 416 g/mol. The molecule has 0 amide bonds. The molecule has 0 spiro atoms. The van der Waals surface area contributed by atoms with Crippen molar-refractivity contribution in [1.82, 2.24) is 15.0 Å². The number of thiophene rings is 1. The molecule has 0 bridgehead atoms. The maximum absolute atomic E-state index is 10.8. The largest absolute Gasteiger partial charge is 0.391 e. The predicted molar refractivity (Wildman–Crippen MR) is 121 cm³/mol. The average Bonchev–Trinajstić information content (AvgIpc) is 3.34. The van der Waals surface area contributed by atoms with Gasteiger partial charge in [0, 0.05) is 35.0 Å². The number of anilines is 1. The van der Waals surface area contributed by atoms with Crippen LogP contribution in [0.5, 0.6) is 0 Å². The molecule has 6 heteroatoms. The summed E-state index contributed by atoms with van der Waals surface area (Å²) in [6.45, 7) is 1.42. The molecule has 5 nitrogen and oxygen atoms in total. The van der Waals surface area contributed by atoms with Crippen LogP contribution in [0.3, 0.4) is 0 Å². The highest BCUT2D eigenvalue weighted by Crippen LogP contribution is 2.40. The third-order valence-corrected chi connectivity index (χ3v) is 7.76. The zero-order valence-electron chi connectivity index (χ0n) is 16.8. The first-order valence-corrected chi connectivity index (χ1v) is 11.6. The number of aliphatic hydroxyl groups is 1. The zero-order chi connectivity index (χ0) is 20.1. The van der Waals surface area contributed by atoms with Crippen molar-refractivity contribution < 1.29 is 5.11 Å². The second-order valence-corrected chi connectivity index (χ2v) is 9.60. The fraction of sp³-hybridized carbons (Fsp3) is 0.375. The van der Waals surface area contributed by atoms with E-state index in [2.05, 4.69) is 33.1 Å². The second-order valence-electron chi connectivity index (χ2n) is 8.52. The van der Waals surface area contributed by atoms with E-state index in [0.717, 1.165) is 53.1 Å². The van der Waals surface area contributed by atoms with E-state index in [0.29, 0.717) is 6.54 Å². The van der Waals surface area contributed by atoms with E-state index in [1.165, 1.54) is 28.7 Å². The highest BCUT2D eigenvalue weighted by Gasteiger charge is 2.34. The number of hydrogen-bond donors (Lipinski definition) is 1. The van der Waals surface area contributed by atoms with Crippen molar-refractivity contribution in [2.75, 3.05) is 18.0 Å². The fourth-order valence-corrected chi connectivity index (χ4v) is 6.26. The summed E-state index contributed by atoms with van der Waals surface area (Å²) in [5.74, 6) is 1.16. The minimum atomic E-state index is -0.377. The Hall–Kier alpha value is -2.57. The van der Waals surface area contributed by atoms with Crippen molar-refractivity contribution in [3.63, 3.8) is 0 Å². The van der Waals surface area contributed by atoms with Crippen LogP contribution in [-0.4, -0.2) is 39.3 Å². The van der Waals surface area contributed by atoms with Crippen molar-refractivity contribution in [3.05, 3.63) is 58.9 Å². The number of β-amino-alcohol motifs (C(OH)–C–C–N with tert-alkyl or cyclic N) is 1. The summed E-state index contributed by atoms with van der Waals surface area (Å²) in [7, 11) is 0. The number of para-hydroxylation sites is 1. The van der Waals surface area contributed by atoms with Crippen molar-refractivity contribution in [2.45, 2.75) is 38.2 Å². The molecule has 1 aromatic carbocycles. The Balaban J connectivity index is 1.29. The smallest absolute Gasteiger partial charge is 0.141 e. The molecule has 1 N–H and O–H groups in total. The van der Waals surface area contributed by atoms with Crippen LogP contribution in [0.15, 0.2) is 42.7 Å². The maximum atomic E-state index is 10.8. The molecule has 3 aromatic heterocycles. The molecule has 1 saturated heterocycles. The van der Waals surface area contributed by atoms with Gasteiger partial charge in [-0.3, -0.25) is 4.98 Å². The average molecular weight is 417 g/mol. The number of nitrogens with zero attached hydrogens (tertiary/aromatic N) is 4. The van der Waals surface area contributed by atoms with Gasteiger partial charge in [0.2, 0.25) is 0 Å². The topological polar surface area (TPSA) is 62.1 Å². The molecule has 152 valence electrons. The molecular weight excluding hydrogens is 392 g/mol. The third-order valence-electron chi connectivity index (χ3n) is 6.56. The molecule has 4 heterocycles. The van der Waals surface area contributed by atoms with E-state index in [9.17, 15) is 5.11 Å². The molecule has 0 saturated carbocycles. The molecule has 2 atom stereocenters. The van der Waals surface area contributed by atoms with Gasteiger partial charge in [-0.05, 0) is 49.8 Å². The van der Waals surface area contributed by atoms with E-state index < -0.39 is 0 Å². The van der Waals surface area contributed by atoms with Crippen LogP contribution in [-0.2, 0) is 19.3 Å². The summed E-state index contributed by atoms with van der Waals surface area (Å²) in [4.78, 5) is 18.9. The minimum Gasteiger partial charge on any atom is -0.391 e. The number of rotatable bonds is 3. The van der Waals surface area contributed by atoms with Gasteiger partial charge < -0.3 is 10.0 Å². The van der Waals surface area contributed by atoms with Gasteiger partial charge >= 0.3 is 0 Å². The summed E-state index contributed by atoms with van der Waals surface area (Å²) in [6, 6.07) is 12.4. The summed E-state index contributed by atoms with van der Waals surface area (Å²) in [5, 5.41) is 13.2. The van der Waals surface area contributed by atoms with E-state index in [1.54, 1.807) is 6.33 Å². The molecule has 1 aliphatic carbocycles. The van der Waals surface area contributed by atoms with Gasteiger partial charge in [-0.25, -0.2) is 9.97 Å². The van der Waals surface area contributed by atoms with Crippen LogP contribution in [0.2, 0.25) is 0 Å². The lowest BCUT2D eigenvalue weighted by Crippen LogP contribution is -2.22. The molecule has 2 aliphatic rings. The lowest BCUT2D eigenvalue weighted by Gasteiger charge is -2.19. The second kappa shape index (κ2) is 7.29. The highest BCUT2D eigenvalue weighted by atomic mass is 32.1. The van der Waals surface area contributed by atoms with Gasteiger partial charge in [0.1, 0.15) is 17.0 Å². The molecule has 1 fully saturated rings. The number of aryl methyl sites for hydroxylation is 2. The van der Waals surface area contributed by atoms with Crippen molar-refractivity contribution >= 4 is 38.3 Å². The summed E-state index contributed by atoms with van der Waals surface area (Å²) < 4.78 is 0. The van der Waals surface area contributed by atoms with Gasteiger partial charge in [-0.1, -0.05) is 24.3 Å². The van der Waals surface area contributed by atoms with Crippen molar-refractivity contribution in [3.8, 4) is 0 Å². The van der Waals surface area contributed by atoms with Gasteiger partial charge in [0.15, 0.2) is 0 Å². The molecule has 30 heavy (non-hydrogen) atoms. The number of pyridine rings is 1. The van der Waals surface area contributed by atoms with Crippen molar-refractivity contribution in [2.24, 2.45) is 5.92 Å². The number of hydrogen-bond acceptors (Lipinski definition) is 6. The first-order chi connectivity index (χ1) is 14.8. The van der Waals surface area contributed by atoms with E-state index in [-0.39, 0.29) is 12.0 Å². The Morgan fingerprint density at radius 2 is 1.93 bits per heavy atom. The quantitative estimate of drug-likeness (QED) is 0.543. The molecule has 0 unspecified atom stereocenters. The van der Waals surface area contributed by atoms with E-state index in [4.69, 9.17) is 4.98 Å². The Morgan fingerprint density at radius 1 is 1.03 bits per heavy atom. The fourth-order valence-electron chi connectivity index (χ4n) is 5.03. The normalized spacial score (nSPS) is 21.4. The molecular formula is C24H24N4OS. The Kier molecular flexibility index (Phi) is 4.43. The summed E-state index contributed by atoms with van der Waals surface area (Å²) >= 11 is 1.83. The van der Waals surface area contributed by atoms with Crippen LogP contribution in [0.4, 0.5) is 5.82 Å². The first kappa shape index (κ1) is 18.2. The Morgan fingerprint density at radius 3 is 2.90 bits per heavy atom. The first-order valence-electron chi connectivity index (χ1n) is 10.8. The standard InChI is InChI=1S/C24H24N4OS/c29-20-13-28(12-16(20)11-17-10-9-15-5-1-3-7-19(15)27-17)23-22-18-6-2-4-8-21(18)30-24(22)26-14-25-23/h1,3,5,7,9-10,14,16,20,29H,2,4,6,8,11-13H2/t16-,20-/m1/s1. The summed E-state index contributed by atoms with van der Waals surface area (Å²) in [5.41, 5.74) is 3.51. The molecule has 1 aliphatic heterocycles. The predicted octanol–water partition coefficient (Wildman–Crippen LogP) is 4.16. The highest BCUT2D eigenvalue weighted by molar-refractivity contribution is 7.19. The van der Waals surface area contributed by atoms with E-state index >= 15 is 0 Å². The van der Waals surface area contributed by atoms with Crippen LogP contribution in [0, 0.1) is 5.92 Å². The van der Waals surface area contributed by atoms with Gasteiger partial charge in [0.25, 0.3) is 0 Å². The number of aliphatic hydroxyl groups excluding tert-OH is 1. The van der Waals surface area contributed by atoms with Crippen molar-refractivity contribution in [1.29, 1.82) is 0 Å². The Bertz CT molecular complexity index is 1240. The molecule has 6 rings (SSSR count). The zero-order valence-corrected chi connectivity index (χ0v) is 17.6.